The summed E-state index contributed by atoms with van der Waals surface area (Å²) in [5.41, 5.74) is -0.704. The van der Waals surface area contributed by atoms with E-state index in [-0.39, 0.29) is 32.5 Å². The quantitative estimate of drug-likeness (QED) is 0.581. The van der Waals surface area contributed by atoms with Gasteiger partial charge in [0.1, 0.15) is 5.60 Å². The first-order valence-electron chi connectivity index (χ1n) is 7.73. The fourth-order valence-corrected chi connectivity index (χ4v) is 2.58. The topological polar surface area (TPSA) is 55.8 Å². The van der Waals surface area contributed by atoms with E-state index in [1.54, 1.807) is 27.7 Å². The van der Waals surface area contributed by atoms with Crippen molar-refractivity contribution in [1.29, 1.82) is 0 Å². The van der Waals surface area contributed by atoms with Gasteiger partial charge in [-0.2, -0.15) is 0 Å². The van der Waals surface area contributed by atoms with Crippen molar-refractivity contribution in [1.82, 2.24) is 4.90 Å². The van der Waals surface area contributed by atoms with Crippen LogP contribution in [0.5, 0.6) is 0 Å². The molecule has 0 atom stereocenters. The molecule has 1 aliphatic heterocycles. The van der Waals surface area contributed by atoms with E-state index in [0.717, 1.165) is 0 Å². The van der Waals surface area contributed by atoms with Crippen molar-refractivity contribution in [3.8, 4) is 0 Å². The highest BCUT2D eigenvalue weighted by molar-refractivity contribution is 6.62. The number of esters is 1. The molecule has 1 saturated heterocycles. The molecule has 5 nitrogen and oxygen atoms in total. The lowest BCUT2D eigenvalue weighted by Crippen LogP contribution is -2.49. The number of carbonyl (C=O) groups is 2. The van der Waals surface area contributed by atoms with Crippen molar-refractivity contribution in [2.24, 2.45) is 0 Å². The number of piperidine rings is 1. The molecule has 1 amide bonds. The molecule has 0 radical (unpaired) electrons. The number of ether oxygens (including phenoxy) is 2. The lowest BCUT2D eigenvalue weighted by atomic mass is 9.51. The van der Waals surface area contributed by atoms with Gasteiger partial charge < -0.3 is 27.3 Å². The lowest BCUT2D eigenvalue weighted by molar-refractivity contribution is -0.144. The highest BCUT2D eigenvalue weighted by Crippen LogP contribution is 2.52. The number of rotatable bonds is 4. The van der Waals surface area contributed by atoms with Crippen LogP contribution in [0.3, 0.4) is 0 Å². The lowest BCUT2D eigenvalue weighted by Gasteiger charge is -2.47. The molecule has 23 heavy (non-hydrogen) atoms. The van der Waals surface area contributed by atoms with Gasteiger partial charge in [-0.15, -0.1) is 0 Å². The number of hydrogen-bond donors (Lipinski definition) is 0. The van der Waals surface area contributed by atoms with E-state index in [1.165, 1.54) is 4.90 Å². The molecule has 1 rings (SSSR count). The molecule has 9 heteroatoms. The highest BCUT2D eigenvalue weighted by atomic mass is 19.4. The van der Waals surface area contributed by atoms with Crippen LogP contribution in [-0.2, 0) is 14.3 Å². The van der Waals surface area contributed by atoms with Crippen LogP contribution in [0.1, 0.15) is 47.0 Å². The predicted molar refractivity (Wildman–Crippen MR) is 80.1 cm³/mol. The van der Waals surface area contributed by atoms with Gasteiger partial charge in [0.15, 0.2) is 0 Å². The summed E-state index contributed by atoms with van der Waals surface area (Å²) in [5, 5.41) is -2.08. The van der Waals surface area contributed by atoms with Crippen molar-refractivity contribution in [3.63, 3.8) is 0 Å². The van der Waals surface area contributed by atoms with Gasteiger partial charge >= 0.3 is 19.0 Å². The van der Waals surface area contributed by atoms with Gasteiger partial charge in [-0.25, -0.2) is 4.79 Å². The van der Waals surface area contributed by atoms with Gasteiger partial charge in [-0.3, -0.25) is 4.79 Å². The van der Waals surface area contributed by atoms with Crippen molar-refractivity contribution < 1.29 is 32.0 Å². The summed E-state index contributed by atoms with van der Waals surface area (Å²) >= 11 is 0. The Kier molecular flexibility index (Phi) is 5.98. The number of nitrogens with zero attached hydrogens (tertiary/aromatic N) is 1. The largest absolute Gasteiger partial charge is 0.485 e. The molecule has 1 aliphatic rings. The second kappa shape index (κ2) is 7.01. The van der Waals surface area contributed by atoms with E-state index in [2.05, 4.69) is 4.74 Å². The Bertz CT molecular complexity index is 440. The number of amides is 1. The summed E-state index contributed by atoms with van der Waals surface area (Å²) in [6, 6.07) is 0. The van der Waals surface area contributed by atoms with Crippen molar-refractivity contribution in [2.75, 3.05) is 19.7 Å². The molecule has 0 unspecified atom stereocenters. The second-order valence-corrected chi connectivity index (χ2v) is 6.89. The maximum atomic E-state index is 13.5. The average molecular weight is 338 g/mol. The Morgan fingerprint density at radius 3 is 2.09 bits per heavy atom. The molecular weight excluding hydrogens is 314 g/mol. The zero-order valence-electron chi connectivity index (χ0n) is 14.0. The monoisotopic (exact) mass is 338 g/mol. The first kappa shape index (κ1) is 19.6. The average Bonchev–Trinajstić information content (AvgIpc) is 2.36. The van der Waals surface area contributed by atoms with Crippen LogP contribution < -0.4 is 0 Å². The molecule has 0 aliphatic carbocycles. The molecule has 0 aromatic carbocycles. The van der Waals surface area contributed by atoms with Crippen LogP contribution in [0.2, 0.25) is 5.31 Å². The summed E-state index contributed by atoms with van der Waals surface area (Å²) in [6.45, 7) is 1.27. The Morgan fingerprint density at radius 2 is 1.70 bits per heavy atom. The summed E-state index contributed by atoms with van der Waals surface area (Å²) in [7, 11) is 0. The predicted octanol–water partition coefficient (Wildman–Crippen LogP) is 3.56. The van der Waals surface area contributed by atoms with Gasteiger partial charge in [0.05, 0.1) is 6.61 Å². The maximum absolute atomic E-state index is 13.5. The van der Waals surface area contributed by atoms with E-state index in [9.17, 15) is 22.5 Å². The van der Waals surface area contributed by atoms with Crippen LogP contribution in [0.15, 0.2) is 0 Å². The number of hydrogen-bond acceptors (Lipinski definition) is 4. The molecule has 0 N–H and O–H groups in total. The summed E-state index contributed by atoms with van der Waals surface area (Å²) < 4.78 is 50.4. The van der Waals surface area contributed by atoms with E-state index in [1.807, 2.05) is 0 Å². The van der Waals surface area contributed by atoms with E-state index in [4.69, 9.17) is 4.74 Å². The summed E-state index contributed by atoms with van der Waals surface area (Å²) in [4.78, 5) is 24.7. The minimum atomic E-state index is -5.23. The third-order valence-electron chi connectivity index (χ3n) is 3.91. The van der Waals surface area contributed by atoms with Gasteiger partial charge in [0.25, 0.3) is 0 Å². The second-order valence-electron chi connectivity index (χ2n) is 6.89. The first-order chi connectivity index (χ1) is 10.4. The van der Waals surface area contributed by atoms with Crippen molar-refractivity contribution in [3.05, 3.63) is 0 Å². The highest BCUT2D eigenvalue weighted by Gasteiger charge is 2.52. The Balaban J connectivity index is 2.77. The fourth-order valence-electron chi connectivity index (χ4n) is 2.58. The van der Waals surface area contributed by atoms with Crippen LogP contribution in [0, 0.1) is 0 Å². The van der Waals surface area contributed by atoms with Crippen LogP contribution in [0.25, 0.3) is 0 Å². The summed E-state index contributed by atoms with van der Waals surface area (Å²) in [5.74, 6) is -0.850. The van der Waals surface area contributed by atoms with Gasteiger partial charge in [0, 0.05) is 19.5 Å². The van der Waals surface area contributed by atoms with Gasteiger partial charge in [-0.05, 0) is 33.0 Å². The minimum absolute atomic E-state index is 0.0454. The standard InChI is InChI=1S/C14H24BF3NO4/c1-5-22-11(20)10-14(15(16,17)18)6-8-19(9-7-14)12(21)23-13(2,3)4/h5-10H2,1-4H3/q-1. The smallest absolute Gasteiger partial charge is 0.466 e. The molecule has 1 heterocycles. The number of likely N-dealkylation sites (tertiary alicyclic amines) is 1. The van der Waals surface area contributed by atoms with Crippen LogP contribution in [0.4, 0.5) is 17.7 Å². The molecule has 0 saturated carbocycles. The third kappa shape index (κ3) is 5.32. The molecule has 0 bridgehead atoms. The SMILES string of the molecule is CCOC(=O)CC1([B-](F)(F)F)CCN(C(=O)OC(C)(C)C)CC1. The van der Waals surface area contributed by atoms with Crippen molar-refractivity contribution >= 4 is 19.0 Å². The van der Waals surface area contributed by atoms with Crippen LogP contribution in [-0.4, -0.2) is 49.2 Å². The summed E-state index contributed by atoms with van der Waals surface area (Å²) in [6.07, 6.45) is -1.94. The third-order valence-corrected chi connectivity index (χ3v) is 3.91. The Hall–Kier alpha value is -1.41. The molecule has 134 valence electrons. The zero-order chi connectivity index (χ0) is 17.9. The fraction of sp³-hybridized carbons (Fsp3) is 0.857. The van der Waals surface area contributed by atoms with Crippen LogP contribution >= 0.6 is 0 Å². The Labute approximate surface area is 134 Å². The van der Waals surface area contributed by atoms with E-state index < -0.39 is 36.4 Å². The normalized spacial score (nSPS) is 18.5. The van der Waals surface area contributed by atoms with E-state index in [0.29, 0.717) is 0 Å². The molecule has 0 spiro atoms. The first-order valence-corrected chi connectivity index (χ1v) is 7.73. The zero-order valence-corrected chi connectivity index (χ0v) is 14.0. The number of carbonyl (C=O) groups excluding carboxylic acids is 2. The van der Waals surface area contributed by atoms with Gasteiger partial charge in [-0.1, -0.05) is 12.8 Å². The number of halogens is 3. The minimum Gasteiger partial charge on any atom is -0.466 e. The molecule has 0 aromatic heterocycles. The van der Waals surface area contributed by atoms with E-state index >= 15 is 0 Å². The molecule has 1 fully saturated rings. The molecule has 0 aromatic rings. The Morgan fingerprint density at radius 1 is 1.17 bits per heavy atom. The van der Waals surface area contributed by atoms with Gasteiger partial charge in [0.2, 0.25) is 0 Å². The van der Waals surface area contributed by atoms with Crippen molar-refractivity contribution in [2.45, 2.75) is 57.9 Å². The molecular formula is C14H24BF3NO4-. The maximum Gasteiger partial charge on any atom is 0.485 e.